The topological polar surface area (TPSA) is 49.4 Å². The van der Waals surface area contributed by atoms with Crippen LogP contribution in [0.5, 0.6) is 0 Å². The molecule has 0 saturated heterocycles. The van der Waals surface area contributed by atoms with Crippen molar-refractivity contribution in [2.45, 2.75) is 26.4 Å². The Morgan fingerprint density at radius 2 is 2.00 bits per heavy atom. The van der Waals surface area contributed by atoms with Gasteiger partial charge in [-0.05, 0) is 29.5 Å². The highest BCUT2D eigenvalue weighted by Crippen LogP contribution is 2.18. The van der Waals surface area contributed by atoms with Crippen molar-refractivity contribution in [3.63, 3.8) is 0 Å². The Bertz CT molecular complexity index is 759. The quantitative estimate of drug-likeness (QED) is 0.680. The summed E-state index contributed by atoms with van der Waals surface area (Å²) in [6.07, 6.45) is 1.69. The van der Waals surface area contributed by atoms with Crippen molar-refractivity contribution in [2.24, 2.45) is 5.92 Å². The fourth-order valence-corrected chi connectivity index (χ4v) is 3.49. The van der Waals surface area contributed by atoms with E-state index in [0.29, 0.717) is 23.7 Å². The summed E-state index contributed by atoms with van der Waals surface area (Å²) in [7, 11) is 0. The van der Waals surface area contributed by atoms with E-state index in [4.69, 9.17) is 11.6 Å². The summed E-state index contributed by atoms with van der Waals surface area (Å²) < 4.78 is 0. The standard InChI is InChI=1S/C20H23ClN2O2S/c1-4-11-23(13-15-8-7-12-26-15)20(25)18(14(2)3)22-19(24)16-9-5-6-10-17(16)21/h4-10,12,14,18H,1,11,13H2,2-3H3,(H,22,24). The average Bonchev–Trinajstić information content (AvgIpc) is 3.11. The van der Waals surface area contributed by atoms with Gasteiger partial charge in [0, 0.05) is 11.4 Å². The van der Waals surface area contributed by atoms with Gasteiger partial charge < -0.3 is 10.2 Å². The first-order valence-corrected chi connectivity index (χ1v) is 9.67. The number of amides is 2. The van der Waals surface area contributed by atoms with Gasteiger partial charge in [0.25, 0.3) is 5.91 Å². The molecule has 1 heterocycles. The van der Waals surface area contributed by atoms with Gasteiger partial charge >= 0.3 is 0 Å². The molecule has 0 aliphatic rings. The van der Waals surface area contributed by atoms with E-state index >= 15 is 0 Å². The lowest BCUT2D eigenvalue weighted by molar-refractivity contribution is -0.134. The number of thiophene rings is 1. The molecule has 138 valence electrons. The van der Waals surface area contributed by atoms with Crippen LogP contribution in [-0.4, -0.2) is 29.3 Å². The van der Waals surface area contributed by atoms with E-state index < -0.39 is 6.04 Å². The van der Waals surface area contributed by atoms with Crippen molar-refractivity contribution >= 4 is 34.8 Å². The van der Waals surface area contributed by atoms with Gasteiger partial charge in [-0.15, -0.1) is 17.9 Å². The van der Waals surface area contributed by atoms with Crippen LogP contribution in [0.3, 0.4) is 0 Å². The molecule has 6 heteroatoms. The fourth-order valence-electron chi connectivity index (χ4n) is 2.55. The first kappa shape index (κ1) is 20.2. The molecule has 0 saturated carbocycles. The Balaban J connectivity index is 2.18. The van der Waals surface area contributed by atoms with Crippen molar-refractivity contribution in [3.8, 4) is 0 Å². The molecule has 26 heavy (non-hydrogen) atoms. The minimum Gasteiger partial charge on any atom is -0.340 e. The van der Waals surface area contributed by atoms with Crippen LogP contribution in [-0.2, 0) is 11.3 Å². The van der Waals surface area contributed by atoms with Crippen molar-refractivity contribution in [2.75, 3.05) is 6.54 Å². The lowest BCUT2D eigenvalue weighted by Gasteiger charge is -2.29. The largest absolute Gasteiger partial charge is 0.340 e. The third kappa shape index (κ3) is 5.19. The van der Waals surface area contributed by atoms with Gasteiger partial charge in [-0.3, -0.25) is 9.59 Å². The second-order valence-electron chi connectivity index (χ2n) is 6.26. The van der Waals surface area contributed by atoms with E-state index in [0.717, 1.165) is 4.88 Å². The number of benzene rings is 1. The molecule has 1 atom stereocenters. The zero-order chi connectivity index (χ0) is 19.1. The Labute approximate surface area is 163 Å². The predicted molar refractivity (Wildman–Crippen MR) is 107 cm³/mol. The molecule has 1 aromatic heterocycles. The molecule has 4 nitrogen and oxygen atoms in total. The molecular weight excluding hydrogens is 368 g/mol. The number of carbonyl (C=O) groups is 2. The summed E-state index contributed by atoms with van der Waals surface area (Å²) in [5, 5.41) is 5.19. The highest BCUT2D eigenvalue weighted by molar-refractivity contribution is 7.09. The summed E-state index contributed by atoms with van der Waals surface area (Å²) in [4.78, 5) is 28.5. The number of halogens is 1. The molecule has 1 aromatic carbocycles. The van der Waals surface area contributed by atoms with Crippen molar-refractivity contribution in [3.05, 3.63) is 69.9 Å². The molecule has 0 spiro atoms. The first-order valence-electron chi connectivity index (χ1n) is 8.41. The number of rotatable bonds is 8. The van der Waals surface area contributed by atoms with Gasteiger partial charge in [0.15, 0.2) is 0 Å². The molecule has 0 aliphatic carbocycles. The molecule has 2 amide bonds. The summed E-state index contributed by atoms with van der Waals surface area (Å²) >= 11 is 7.70. The average molecular weight is 391 g/mol. The highest BCUT2D eigenvalue weighted by Gasteiger charge is 2.29. The van der Waals surface area contributed by atoms with Crippen molar-refractivity contribution < 1.29 is 9.59 Å². The zero-order valence-corrected chi connectivity index (χ0v) is 16.5. The highest BCUT2D eigenvalue weighted by atomic mass is 35.5. The number of carbonyl (C=O) groups excluding carboxylic acids is 2. The minimum atomic E-state index is -0.640. The molecule has 0 fully saturated rings. The van der Waals surface area contributed by atoms with Crippen molar-refractivity contribution in [1.29, 1.82) is 0 Å². The Morgan fingerprint density at radius 3 is 2.58 bits per heavy atom. The maximum absolute atomic E-state index is 13.1. The smallest absolute Gasteiger partial charge is 0.253 e. The van der Waals surface area contributed by atoms with E-state index in [9.17, 15) is 9.59 Å². The fraction of sp³-hybridized carbons (Fsp3) is 0.300. The lowest BCUT2D eigenvalue weighted by atomic mass is 10.0. The van der Waals surface area contributed by atoms with Crippen molar-refractivity contribution in [1.82, 2.24) is 10.2 Å². The third-order valence-electron chi connectivity index (χ3n) is 3.93. The molecule has 2 rings (SSSR count). The molecular formula is C20H23ClN2O2S. The zero-order valence-electron chi connectivity index (χ0n) is 14.9. The van der Waals surface area contributed by atoms with E-state index in [-0.39, 0.29) is 17.7 Å². The molecule has 1 N–H and O–H groups in total. The van der Waals surface area contributed by atoms with Gasteiger partial charge in [0.1, 0.15) is 6.04 Å². The van der Waals surface area contributed by atoms with E-state index in [2.05, 4.69) is 11.9 Å². The maximum atomic E-state index is 13.1. The number of hydrogen-bond acceptors (Lipinski definition) is 3. The van der Waals surface area contributed by atoms with Gasteiger partial charge in [-0.2, -0.15) is 0 Å². The maximum Gasteiger partial charge on any atom is 0.253 e. The van der Waals surface area contributed by atoms with Crippen LogP contribution in [0.15, 0.2) is 54.4 Å². The molecule has 0 bridgehead atoms. The SMILES string of the molecule is C=CCN(Cc1cccs1)C(=O)C(NC(=O)c1ccccc1Cl)C(C)C. The number of hydrogen-bond donors (Lipinski definition) is 1. The number of nitrogens with one attached hydrogen (secondary N) is 1. The van der Waals surface area contributed by atoms with Crippen LogP contribution in [0.1, 0.15) is 29.1 Å². The van der Waals surface area contributed by atoms with Gasteiger partial charge in [-0.25, -0.2) is 0 Å². The normalized spacial score (nSPS) is 11.8. The van der Waals surface area contributed by atoms with Gasteiger partial charge in [-0.1, -0.05) is 49.7 Å². The lowest BCUT2D eigenvalue weighted by Crippen LogP contribution is -2.51. The third-order valence-corrected chi connectivity index (χ3v) is 5.12. The summed E-state index contributed by atoms with van der Waals surface area (Å²) in [5.74, 6) is -0.546. The molecule has 2 aromatic rings. The second kappa shape index (κ2) is 9.55. The molecule has 1 unspecified atom stereocenters. The monoisotopic (exact) mass is 390 g/mol. The molecule has 0 radical (unpaired) electrons. The second-order valence-corrected chi connectivity index (χ2v) is 7.70. The summed E-state index contributed by atoms with van der Waals surface area (Å²) in [6.45, 7) is 8.47. The van der Waals surface area contributed by atoms with Crippen LogP contribution in [0.4, 0.5) is 0 Å². The van der Waals surface area contributed by atoms with Crippen LogP contribution < -0.4 is 5.32 Å². The van der Waals surface area contributed by atoms with E-state index in [1.54, 1.807) is 46.6 Å². The minimum absolute atomic E-state index is 0.0652. The van der Waals surface area contributed by atoms with Crippen LogP contribution in [0, 0.1) is 5.92 Å². The number of nitrogens with zero attached hydrogens (tertiary/aromatic N) is 1. The predicted octanol–water partition coefficient (Wildman–Crippen LogP) is 4.37. The van der Waals surface area contributed by atoms with E-state index in [1.165, 1.54) is 0 Å². The van der Waals surface area contributed by atoms with Gasteiger partial charge in [0.05, 0.1) is 17.1 Å². The summed E-state index contributed by atoms with van der Waals surface area (Å²) in [6, 6.07) is 10.1. The van der Waals surface area contributed by atoms with Crippen LogP contribution >= 0.6 is 22.9 Å². The van der Waals surface area contributed by atoms with Gasteiger partial charge in [0.2, 0.25) is 5.91 Å². The molecule has 0 aliphatic heterocycles. The first-order chi connectivity index (χ1) is 12.4. The van der Waals surface area contributed by atoms with Crippen LogP contribution in [0.25, 0.3) is 0 Å². The Kier molecular flexibility index (Phi) is 7.42. The summed E-state index contributed by atoms with van der Waals surface area (Å²) in [5.41, 5.74) is 0.362. The van der Waals surface area contributed by atoms with Crippen LogP contribution in [0.2, 0.25) is 5.02 Å². The van der Waals surface area contributed by atoms with E-state index in [1.807, 2.05) is 31.4 Å². The Hall–Kier alpha value is -2.11. The Morgan fingerprint density at radius 1 is 1.27 bits per heavy atom.